The van der Waals surface area contributed by atoms with Crippen LogP contribution >= 0.6 is 0 Å². The molecule has 0 aliphatic heterocycles. The highest BCUT2D eigenvalue weighted by molar-refractivity contribution is 5.59. The topological polar surface area (TPSA) is 79.3 Å². The lowest BCUT2D eigenvalue weighted by Gasteiger charge is -2.27. The zero-order valence-electron chi connectivity index (χ0n) is 10.4. The number of likely N-dealkylation sites (N-methyl/N-ethyl adjacent to an activating group) is 1. The van der Waals surface area contributed by atoms with Crippen molar-refractivity contribution >= 4 is 11.5 Å². The molecule has 1 rings (SSSR count). The van der Waals surface area contributed by atoms with Crippen LogP contribution in [0.2, 0.25) is 0 Å². The standard InChI is InChI=1S/C10H21N5O/c1-10(16,7-14(2)3)6-12-9-8(11)5-15(4)13-9/h5,16H,6-7,11H2,1-4H3,(H,12,13). The van der Waals surface area contributed by atoms with Crippen molar-refractivity contribution < 1.29 is 5.11 Å². The average Bonchev–Trinajstić information content (AvgIpc) is 2.39. The molecule has 0 saturated carbocycles. The number of hydrogen-bond acceptors (Lipinski definition) is 5. The SMILES string of the molecule is CN(C)CC(C)(O)CNc1nn(C)cc1N. The first-order valence-electron chi connectivity index (χ1n) is 5.20. The summed E-state index contributed by atoms with van der Waals surface area (Å²) >= 11 is 0. The second-order valence-electron chi connectivity index (χ2n) is 4.69. The minimum absolute atomic E-state index is 0.409. The van der Waals surface area contributed by atoms with Crippen LogP contribution in [0.4, 0.5) is 11.5 Å². The molecule has 0 aliphatic carbocycles. The van der Waals surface area contributed by atoms with Gasteiger partial charge < -0.3 is 21.1 Å². The highest BCUT2D eigenvalue weighted by atomic mass is 16.3. The summed E-state index contributed by atoms with van der Waals surface area (Å²) < 4.78 is 1.64. The predicted octanol–water partition coefficient (Wildman–Crippen LogP) is -0.273. The molecule has 0 fully saturated rings. The first kappa shape index (κ1) is 12.8. The third kappa shape index (κ3) is 3.71. The van der Waals surface area contributed by atoms with Crippen molar-refractivity contribution in [2.45, 2.75) is 12.5 Å². The summed E-state index contributed by atoms with van der Waals surface area (Å²) in [6.07, 6.45) is 1.73. The fourth-order valence-corrected chi connectivity index (χ4v) is 1.66. The number of aliphatic hydroxyl groups is 1. The molecule has 1 heterocycles. The van der Waals surface area contributed by atoms with E-state index in [1.807, 2.05) is 19.0 Å². The summed E-state index contributed by atoms with van der Waals surface area (Å²) in [5.74, 6) is 0.613. The monoisotopic (exact) mass is 227 g/mol. The van der Waals surface area contributed by atoms with Crippen molar-refractivity contribution in [1.82, 2.24) is 14.7 Å². The van der Waals surface area contributed by atoms with E-state index in [0.29, 0.717) is 24.6 Å². The van der Waals surface area contributed by atoms with Crippen molar-refractivity contribution in [2.75, 3.05) is 38.2 Å². The van der Waals surface area contributed by atoms with E-state index >= 15 is 0 Å². The molecule has 6 nitrogen and oxygen atoms in total. The Hall–Kier alpha value is -1.27. The van der Waals surface area contributed by atoms with Crippen LogP contribution in [0.25, 0.3) is 0 Å². The molecular formula is C10H21N5O. The van der Waals surface area contributed by atoms with Crippen molar-refractivity contribution in [3.8, 4) is 0 Å². The molecule has 4 N–H and O–H groups in total. The normalized spacial score (nSPS) is 15.1. The number of nitrogen functional groups attached to an aromatic ring is 1. The Kier molecular flexibility index (Phi) is 3.77. The van der Waals surface area contributed by atoms with Crippen molar-refractivity contribution in [3.05, 3.63) is 6.20 Å². The molecule has 16 heavy (non-hydrogen) atoms. The second-order valence-corrected chi connectivity index (χ2v) is 4.69. The van der Waals surface area contributed by atoms with E-state index < -0.39 is 5.60 Å². The molecule has 0 amide bonds. The maximum absolute atomic E-state index is 10.1. The summed E-state index contributed by atoms with van der Waals surface area (Å²) in [7, 11) is 5.65. The zero-order chi connectivity index (χ0) is 12.3. The van der Waals surface area contributed by atoms with Crippen LogP contribution < -0.4 is 11.1 Å². The zero-order valence-corrected chi connectivity index (χ0v) is 10.4. The third-order valence-corrected chi connectivity index (χ3v) is 2.15. The Labute approximate surface area is 96.0 Å². The van der Waals surface area contributed by atoms with Gasteiger partial charge in [0, 0.05) is 26.3 Å². The molecule has 0 aliphatic rings. The summed E-state index contributed by atoms with van der Waals surface area (Å²) in [4.78, 5) is 1.93. The Morgan fingerprint density at radius 2 is 2.25 bits per heavy atom. The van der Waals surface area contributed by atoms with Gasteiger partial charge in [0.15, 0.2) is 5.82 Å². The van der Waals surface area contributed by atoms with Crippen LogP contribution in [0.15, 0.2) is 6.20 Å². The number of hydrogen-bond donors (Lipinski definition) is 3. The van der Waals surface area contributed by atoms with Gasteiger partial charge in [-0.15, -0.1) is 0 Å². The largest absolute Gasteiger partial charge is 0.394 e. The lowest BCUT2D eigenvalue weighted by atomic mass is 10.1. The van der Waals surface area contributed by atoms with E-state index in [1.165, 1.54) is 0 Å². The van der Waals surface area contributed by atoms with Gasteiger partial charge in [-0.2, -0.15) is 5.10 Å². The lowest BCUT2D eigenvalue weighted by molar-refractivity contribution is 0.0459. The van der Waals surface area contributed by atoms with E-state index in [2.05, 4.69) is 10.4 Å². The maximum atomic E-state index is 10.1. The second kappa shape index (κ2) is 4.71. The van der Waals surface area contributed by atoms with E-state index in [4.69, 9.17) is 5.73 Å². The van der Waals surface area contributed by atoms with Crippen LogP contribution in [0.1, 0.15) is 6.92 Å². The minimum atomic E-state index is -0.812. The van der Waals surface area contributed by atoms with Gasteiger partial charge in [-0.05, 0) is 21.0 Å². The summed E-state index contributed by atoms with van der Waals surface area (Å²) in [5.41, 5.74) is 5.51. The van der Waals surface area contributed by atoms with Crippen molar-refractivity contribution in [2.24, 2.45) is 7.05 Å². The van der Waals surface area contributed by atoms with Gasteiger partial charge in [-0.25, -0.2) is 0 Å². The van der Waals surface area contributed by atoms with Crippen molar-refractivity contribution in [3.63, 3.8) is 0 Å². The number of nitrogens with two attached hydrogens (primary N) is 1. The number of anilines is 2. The first-order chi connectivity index (χ1) is 7.30. The quantitative estimate of drug-likeness (QED) is 0.645. The molecule has 6 heteroatoms. The van der Waals surface area contributed by atoms with Crippen LogP contribution in [-0.2, 0) is 7.05 Å². The van der Waals surface area contributed by atoms with Crippen molar-refractivity contribution in [1.29, 1.82) is 0 Å². The molecule has 1 aromatic rings. The summed E-state index contributed by atoms with van der Waals surface area (Å²) in [5, 5.41) is 17.3. The Morgan fingerprint density at radius 1 is 1.62 bits per heavy atom. The van der Waals surface area contributed by atoms with Gasteiger partial charge in [0.05, 0.1) is 11.3 Å². The lowest BCUT2D eigenvalue weighted by Crippen LogP contribution is -2.43. The van der Waals surface area contributed by atoms with E-state index in [-0.39, 0.29) is 0 Å². The molecule has 0 bridgehead atoms. The smallest absolute Gasteiger partial charge is 0.171 e. The molecule has 0 saturated heterocycles. The number of nitrogens with one attached hydrogen (secondary N) is 1. The molecule has 92 valence electrons. The van der Waals surface area contributed by atoms with E-state index in [0.717, 1.165) is 0 Å². The third-order valence-electron chi connectivity index (χ3n) is 2.15. The van der Waals surface area contributed by atoms with Crippen LogP contribution in [0, 0.1) is 0 Å². The maximum Gasteiger partial charge on any atom is 0.171 e. The fourth-order valence-electron chi connectivity index (χ4n) is 1.66. The van der Waals surface area contributed by atoms with Gasteiger partial charge >= 0.3 is 0 Å². The molecule has 1 aromatic heterocycles. The van der Waals surface area contributed by atoms with Crippen LogP contribution in [0.5, 0.6) is 0 Å². The molecule has 1 atom stereocenters. The molecule has 0 aromatic carbocycles. The van der Waals surface area contributed by atoms with Gasteiger partial charge in [0.2, 0.25) is 0 Å². The number of aryl methyl sites for hydroxylation is 1. The summed E-state index contributed by atoms with van der Waals surface area (Å²) in [6, 6.07) is 0. The highest BCUT2D eigenvalue weighted by Gasteiger charge is 2.21. The van der Waals surface area contributed by atoms with E-state index in [1.54, 1.807) is 24.9 Å². The average molecular weight is 227 g/mol. The molecule has 1 unspecified atom stereocenters. The fraction of sp³-hybridized carbons (Fsp3) is 0.700. The number of rotatable bonds is 5. The highest BCUT2D eigenvalue weighted by Crippen LogP contribution is 2.15. The minimum Gasteiger partial charge on any atom is -0.394 e. The van der Waals surface area contributed by atoms with Crippen LogP contribution in [-0.4, -0.2) is 52.6 Å². The van der Waals surface area contributed by atoms with Crippen LogP contribution in [0.3, 0.4) is 0 Å². The van der Waals surface area contributed by atoms with Gasteiger partial charge in [0.1, 0.15) is 0 Å². The molecule has 0 radical (unpaired) electrons. The first-order valence-corrected chi connectivity index (χ1v) is 5.20. The van der Waals surface area contributed by atoms with Gasteiger partial charge in [0.25, 0.3) is 0 Å². The summed E-state index contributed by atoms with van der Waals surface area (Å²) in [6.45, 7) is 2.76. The number of nitrogens with zero attached hydrogens (tertiary/aromatic N) is 3. The number of aromatic nitrogens is 2. The van der Waals surface area contributed by atoms with E-state index in [9.17, 15) is 5.11 Å². The Bertz CT molecular complexity index is 345. The molecular weight excluding hydrogens is 206 g/mol. The predicted molar refractivity (Wildman–Crippen MR) is 65.3 cm³/mol. The molecule has 0 spiro atoms. The van der Waals surface area contributed by atoms with Gasteiger partial charge in [-0.1, -0.05) is 0 Å². The Balaban J connectivity index is 2.54. The van der Waals surface area contributed by atoms with Gasteiger partial charge in [-0.3, -0.25) is 4.68 Å². The Morgan fingerprint density at radius 3 is 2.69 bits per heavy atom.